The molecule has 1 amide bonds. The van der Waals surface area contributed by atoms with Crippen LogP contribution in [0, 0.1) is 5.92 Å². The summed E-state index contributed by atoms with van der Waals surface area (Å²) in [5, 5.41) is 9.52. The minimum atomic E-state index is -1.02. The highest BCUT2D eigenvalue weighted by molar-refractivity contribution is 5.69. The molecule has 7 heteroatoms. The maximum absolute atomic E-state index is 12.4. The van der Waals surface area contributed by atoms with Gasteiger partial charge in [-0.25, -0.2) is 4.79 Å². The second kappa shape index (κ2) is 5.72. The molecule has 1 N–H and O–H groups in total. The fourth-order valence-corrected chi connectivity index (χ4v) is 3.03. The Morgan fingerprint density at radius 1 is 1.38 bits per heavy atom. The number of aliphatic hydroxyl groups is 1. The van der Waals surface area contributed by atoms with E-state index in [0.717, 1.165) is 0 Å². The van der Waals surface area contributed by atoms with E-state index >= 15 is 0 Å². The molecular formula is C14H25NO6. The standard InChI is InChI=1S/C14H25NO6/c1-13(2,3)21-12(17)15-6-9(7-16)10-11(15)14(18-4,19-5)8-20-10/h9-11,16H,6-8H2,1-5H3. The van der Waals surface area contributed by atoms with Crippen molar-refractivity contribution in [2.75, 3.05) is 34.0 Å². The van der Waals surface area contributed by atoms with Gasteiger partial charge in [0.15, 0.2) is 0 Å². The van der Waals surface area contributed by atoms with Crippen LogP contribution in [-0.2, 0) is 18.9 Å². The molecule has 3 unspecified atom stereocenters. The molecule has 2 heterocycles. The molecule has 122 valence electrons. The van der Waals surface area contributed by atoms with Crippen LogP contribution in [0.25, 0.3) is 0 Å². The molecule has 0 aromatic rings. The Kier molecular flexibility index (Phi) is 4.49. The number of hydrogen-bond donors (Lipinski definition) is 1. The molecule has 0 radical (unpaired) electrons. The normalized spacial score (nSPS) is 31.3. The number of carbonyl (C=O) groups excluding carboxylic acids is 1. The zero-order valence-electron chi connectivity index (χ0n) is 13.3. The number of likely N-dealkylation sites (tertiary alicyclic amines) is 1. The van der Waals surface area contributed by atoms with Gasteiger partial charge in [-0.15, -0.1) is 0 Å². The maximum atomic E-state index is 12.4. The first kappa shape index (κ1) is 16.5. The van der Waals surface area contributed by atoms with Gasteiger partial charge in [0, 0.05) is 26.7 Å². The number of amides is 1. The molecule has 0 saturated carbocycles. The molecule has 2 rings (SSSR count). The largest absolute Gasteiger partial charge is 0.444 e. The fraction of sp³-hybridized carbons (Fsp3) is 0.929. The van der Waals surface area contributed by atoms with Gasteiger partial charge < -0.3 is 24.1 Å². The van der Waals surface area contributed by atoms with Crippen LogP contribution in [0.3, 0.4) is 0 Å². The van der Waals surface area contributed by atoms with Crippen molar-refractivity contribution in [1.82, 2.24) is 4.90 Å². The molecule has 2 aliphatic rings. The number of rotatable bonds is 3. The first-order valence-corrected chi connectivity index (χ1v) is 7.10. The summed E-state index contributed by atoms with van der Waals surface area (Å²) < 4.78 is 22.1. The summed E-state index contributed by atoms with van der Waals surface area (Å²) in [5.41, 5.74) is -0.591. The van der Waals surface area contributed by atoms with Crippen molar-refractivity contribution in [2.45, 2.75) is 44.3 Å². The Morgan fingerprint density at radius 3 is 2.48 bits per heavy atom. The number of fused-ring (bicyclic) bond motifs is 1. The summed E-state index contributed by atoms with van der Waals surface area (Å²) in [6.45, 7) is 5.94. The molecule has 2 saturated heterocycles. The lowest BCUT2D eigenvalue weighted by Crippen LogP contribution is -2.55. The number of methoxy groups -OCH3 is 2. The Bertz CT molecular complexity index is 389. The number of carbonyl (C=O) groups is 1. The van der Waals surface area contributed by atoms with Crippen molar-refractivity contribution in [3.8, 4) is 0 Å². The second-order valence-corrected chi connectivity index (χ2v) is 6.52. The molecular weight excluding hydrogens is 278 g/mol. The lowest BCUT2D eigenvalue weighted by molar-refractivity contribution is -0.224. The molecule has 0 spiro atoms. The summed E-state index contributed by atoms with van der Waals surface area (Å²) in [6, 6.07) is -0.431. The van der Waals surface area contributed by atoms with Gasteiger partial charge in [0.1, 0.15) is 18.2 Å². The van der Waals surface area contributed by atoms with Crippen LogP contribution in [0.4, 0.5) is 4.79 Å². The molecule has 0 bridgehead atoms. The van der Waals surface area contributed by atoms with E-state index in [1.54, 1.807) is 4.90 Å². The zero-order chi connectivity index (χ0) is 15.8. The maximum Gasteiger partial charge on any atom is 0.410 e. The minimum Gasteiger partial charge on any atom is -0.444 e. The van der Waals surface area contributed by atoms with E-state index in [-0.39, 0.29) is 25.2 Å². The van der Waals surface area contributed by atoms with Crippen molar-refractivity contribution >= 4 is 6.09 Å². The molecule has 3 atom stereocenters. The van der Waals surface area contributed by atoms with Gasteiger partial charge in [-0.05, 0) is 20.8 Å². The minimum absolute atomic E-state index is 0.0655. The van der Waals surface area contributed by atoms with Crippen molar-refractivity contribution in [3.63, 3.8) is 0 Å². The van der Waals surface area contributed by atoms with E-state index in [1.807, 2.05) is 20.8 Å². The third-order valence-corrected chi connectivity index (χ3v) is 4.02. The average molecular weight is 303 g/mol. The molecule has 2 aliphatic heterocycles. The number of hydrogen-bond acceptors (Lipinski definition) is 6. The van der Waals surface area contributed by atoms with Crippen molar-refractivity contribution in [1.29, 1.82) is 0 Å². The topological polar surface area (TPSA) is 77.5 Å². The van der Waals surface area contributed by atoms with E-state index in [2.05, 4.69) is 0 Å². The van der Waals surface area contributed by atoms with Gasteiger partial charge >= 0.3 is 6.09 Å². The van der Waals surface area contributed by atoms with Crippen molar-refractivity contribution in [3.05, 3.63) is 0 Å². The van der Waals surface area contributed by atoms with Gasteiger partial charge in [-0.1, -0.05) is 0 Å². The SMILES string of the molecule is COC1(OC)COC2C(CO)CN(C(=O)OC(C)(C)C)C21. The van der Waals surface area contributed by atoms with E-state index < -0.39 is 23.5 Å². The average Bonchev–Trinajstić information content (AvgIpc) is 2.94. The molecule has 7 nitrogen and oxygen atoms in total. The lowest BCUT2D eigenvalue weighted by atomic mass is 9.99. The predicted molar refractivity (Wildman–Crippen MR) is 73.8 cm³/mol. The van der Waals surface area contributed by atoms with Crippen LogP contribution >= 0.6 is 0 Å². The molecule has 2 fully saturated rings. The summed E-state index contributed by atoms with van der Waals surface area (Å²) in [7, 11) is 3.05. The second-order valence-electron chi connectivity index (χ2n) is 6.52. The predicted octanol–water partition coefficient (Wildman–Crippen LogP) is 0.602. The van der Waals surface area contributed by atoms with Gasteiger partial charge in [0.05, 0.1) is 12.7 Å². The Hall–Kier alpha value is -0.890. The lowest BCUT2D eigenvalue weighted by Gasteiger charge is -2.36. The van der Waals surface area contributed by atoms with Crippen LogP contribution in [0.15, 0.2) is 0 Å². The van der Waals surface area contributed by atoms with E-state index in [9.17, 15) is 9.90 Å². The highest BCUT2D eigenvalue weighted by Gasteiger charge is 2.61. The summed E-state index contributed by atoms with van der Waals surface area (Å²) in [4.78, 5) is 14.0. The Balaban J connectivity index is 2.26. The van der Waals surface area contributed by atoms with E-state index in [4.69, 9.17) is 18.9 Å². The molecule has 21 heavy (non-hydrogen) atoms. The van der Waals surface area contributed by atoms with Crippen LogP contribution < -0.4 is 0 Å². The quantitative estimate of drug-likeness (QED) is 0.770. The monoisotopic (exact) mass is 303 g/mol. The molecule has 0 aromatic carbocycles. The van der Waals surface area contributed by atoms with Gasteiger partial charge in [0.2, 0.25) is 5.79 Å². The van der Waals surface area contributed by atoms with Crippen LogP contribution in [0.2, 0.25) is 0 Å². The summed E-state index contributed by atoms with van der Waals surface area (Å²) in [5.74, 6) is -1.19. The fourth-order valence-electron chi connectivity index (χ4n) is 3.03. The third kappa shape index (κ3) is 2.88. The van der Waals surface area contributed by atoms with Crippen LogP contribution in [-0.4, -0.2) is 73.6 Å². The summed E-state index contributed by atoms with van der Waals surface area (Å²) in [6.07, 6.45) is -0.764. The molecule has 0 aliphatic carbocycles. The third-order valence-electron chi connectivity index (χ3n) is 4.02. The zero-order valence-corrected chi connectivity index (χ0v) is 13.3. The number of nitrogens with zero attached hydrogens (tertiary/aromatic N) is 1. The smallest absolute Gasteiger partial charge is 0.410 e. The first-order chi connectivity index (χ1) is 9.78. The highest BCUT2D eigenvalue weighted by Crippen LogP contribution is 2.41. The summed E-state index contributed by atoms with van der Waals surface area (Å²) >= 11 is 0. The number of aliphatic hydroxyl groups excluding tert-OH is 1. The van der Waals surface area contributed by atoms with E-state index in [1.165, 1.54) is 14.2 Å². The Morgan fingerprint density at radius 2 is 2.00 bits per heavy atom. The van der Waals surface area contributed by atoms with Gasteiger partial charge in [-0.2, -0.15) is 0 Å². The number of ether oxygens (including phenoxy) is 4. The van der Waals surface area contributed by atoms with E-state index in [0.29, 0.717) is 6.54 Å². The Labute approximate surface area is 125 Å². The van der Waals surface area contributed by atoms with Gasteiger partial charge in [0.25, 0.3) is 0 Å². The van der Waals surface area contributed by atoms with Gasteiger partial charge in [-0.3, -0.25) is 4.90 Å². The van der Waals surface area contributed by atoms with Crippen molar-refractivity contribution < 1.29 is 28.8 Å². The molecule has 0 aromatic heterocycles. The first-order valence-electron chi connectivity index (χ1n) is 7.10. The van der Waals surface area contributed by atoms with Crippen LogP contribution in [0.5, 0.6) is 0 Å². The highest BCUT2D eigenvalue weighted by atomic mass is 16.7. The van der Waals surface area contributed by atoms with Crippen LogP contribution in [0.1, 0.15) is 20.8 Å². The van der Waals surface area contributed by atoms with Crippen molar-refractivity contribution in [2.24, 2.45) is 5.92 Å².